The number of nitrogens with zero attached hydrogens (tertiary/aromatic N) is 2. The molecular formula is C45H30N2Se. The second-order valence-electron chi connectivity index (χ2n) is 13.7. The molecule has 1 aliphatic rings. The maximum absolute atomic E-state index is 2.58. The second kappa shape index (κ2) is 9.39. The first-order chi connectivity index (χ1) is 23.6. The van der Waals surface area contributed by atoms with Crippen molar-refractivity contribution in [3.8, 4) is 22.5 Å². The zero-order chi connectivity index (χ0) is 31.7. The van der Waals surface area contributed by atoms with Crippen LogP contribution in [-0.2, 0) is 5.41 Å². The summed E-state index contributed by atoms with van der Waals surface area (Å²) in [4.78, 5) is 0. The molecule has 0 atom stereocenters. The summed E-state index contributed by atoms with van der Waals surface area (Å²) >= 11 is 0.233. The van der Waals surface area contributed by atoms with Crippen LogP contribution in [0.4, 0.5) is 0 Å². The summed E-state index contributed by atoms with van der Waals surface area (Å²) in [7, 11) is 0. The molecule has 0 radical (unpaired) electrons. The number of hydrogen-bond acceptors (Lipinski definition) is 0. The van der Waals surface area contributed by atoms with Crippen molar-refractivity contribution in [3.05, 3.63) is 157 Å². The fourth-order valence-electron chi connectivity index (χ4n) is 8.78. The molecule has 0 amide bonds. The number of fused-ring (bicyclic) bond motifs is 13. The van der Waals surface area contributed by atoms with E-state index in [4.69, 9.17) is 0 Å². The molecule has 48 heavy (non-hydrogen) atoms. The van der Waals surface area contributed by atoms with Gasteiger partial charge in [-0.1, -0.05) is 24.3 Å². The predicted molar refractivity (Wildman–Crippen MR) is 205 cm³/mol. The third kappa shape index (κ3) is 3.33. The van der Waals surface area contributed by atoms with Gasteiger partial charge >= 0.3 is 261 Å². The van der Waals surface area contributed by atoms with Gasteiger partial charge in [0.25, 0.3) is 0 Å². The Morgan fingerprint density at radius 2 is 1.17 bits per heavy atom. The molecule has 1 aliphatic carbocycles. The summed E-state index contributed by atoms with van der Waals surface area (Å²) in [5.41, 5.74) is 13.0. The van der Waals surface area contributed by atoms with Crippen LogP contribution in [0, 0.1) is 0 Å². The van der Waals surface area contributed by atoms with E-state index in [2.05, 4.69) is 169 Å². The average Bonchev–Trinajstić information content (AvgIpc) is 3.84. The third-order valence-corrected chi connectivity index (χ3v) is 13.5. The Balaban J connectivity index is 1.27. The zero-order valence-electron chi connectivity index (χ0n) is 26.7. The molecule has 3 heteroatoms. The van der Waals surface area contributed by atoms with Crippen molar-refractivity contribution in [1.82, 2.24) is 9.13 Å². The molecule has 0 spiro atoms. The topological polar surface area (TPSA) is 9.86 Å². The van der Waals surface area contributed by atoms with Gasteiger partial charge in [0.05, 0.1) is 0 Å². The molecular weight excluding hydrogens is 647 g/mol. The van der Waals surface area contributed by atoms with E-state index >= 15 is 0 Å². The molecule has 0 aliphatic heterocycles. The summed E-state index contributed by atoms with van der Waals surface area (Å²) in [6.45, 7) is 4.74. The SMILES string of the molecule is CC1(C)c2ccccc2-c2ccc(-n3c4ccccc4c4c3ccc3c5ccccc5n(-c5cccc6c5[se]c5ccccc56)c34)cc21. The summed E-state index contributed by atoms with van der Waals surface area (Å²) in [5, 5.41) is 7.95. The van der Waals surface area contributed by atoms with Crippen LogP contribution in [0.2, 0.25) is 0 Å². The Labute approximate surface area is 283 Å². The van der Waals surface area contributed by atoms with Crippen LogP contribution in [0.15, 0.2) is 146 Å². The number of para-hydroxylation sites is 2. The standard InChI is InChI=1S/C45H30N2Se/c1-45(2)35-17-7-3-12-28(35)29-23-22-27(26-36(29)45)46-38-19-9-5-15-34(38)42-39(46)25-24-32-30-13-4-8-18-37(30)47(43(32)42)40-20-11-16-33-31-14-6-10-21-41(31)48-44(33)40/h3-26H,1-2H3. The van der Waals surface area contributed by atoms with E-state index in [-0.39, 0.29) is 19.9 Å². The Morgan fingerprint density at radius 1 is 0.479 bits per heavy atom. The van der Waals surface area contributed by atoms with Crippen molar-refractivity contribution >= 4 is 77.4 Å². The summed E-state index contributed by atoms with van der Waals surface area (Å²) in [6.07, 6.45) is 0. The van der Waals surface area contributed by atoms with Gasteiger partial charge in [0.15, 0.2) is 0 Å². The fourth-order valence-corrected chi connectivity index (χ4v) is 11.3. The quantitative estimate of drug-likeness (QED) is 0.161. The molecule has 3 aromatic heterocycles. The fraction of sp³-hybridized carbons (Fsp3) is 0.0667. The van der Waals surface area contributed by atoms with Gasteiger partial charge in [-0.05, 0) is 0 Å². The molecule has 0 unspecified atom stereocenters. The van der Waals surface area contributed by atoms with E-state index in [0.29, 0.717) is 0 Å². The molecule has 3 heterocycles. The number of rotatable bonds is 2. The van der Waals surface area contributed by atoms with E-state index in [0.717, 1.165) is 0 Å². The minimum absolute atomic E-state index is 0.0621. The van der Waals surface area contributed by atoms with Crippen LogP contribution in [0.25, 0.3) is 85.4 Å². The Bertz CT molecular complexity index is 2980. The van der Waals surface area contributed by atoms with Crippen molar-refractivity contribution in [2.75, 3.05) is 0 Å². The zero-order valence-corrected chi connectivity index (χ0v) is 28.4. The molecule has 0 fully saturated rings. The average molecular weight is 678 g/mol. The molecule has 2 nitrogen and oxygen atoms in total. The first-order valence-electron chi connectivity index (χ1n) is 16.7. The van der Waals surface area contributed by atoms with Crippen LogP contribution >= 0.6 is 0 Å². The normalized spacial score (nSPS) is 13.8. The van der Waals surface area contributed by atoms with Gasteiger partial charge in [0, 0.05) is 0 Å². The van der Waals surface area contributed by atoms with Crippen molar-refractivity contribution in [3.63, 3.8) is 0 Å². The molecule has 11 rings (SSSR count). The number of hydrogen-bond donors (Lipinski definition) is 0. The van der Waals surface area contributed by atoms with Gasteiger partial charge in [-0.3, -0.25) is 0 Å². The van der Waals surface area contributed by atoms with E-state index in [9.17, 15) is 0 Å². The Hall–Kier alpha value is -5.34. The van der Waals surface area contributed by atoms with Crippen molar-refractivity contribution in [1.29, 1.82) is 0 Å². The minimum atomic E-state index is -0.0621. The summed E-state index contributed by atoms with van der Waals surface area (Å²) in [5.74, 6) is 0. The molecule has 0 bridgehead atoms. The molecule has 0 saturated carbocycles. The van der Waals surface area contributed by atoms with Crippen LogP contribution in [0.3, 0.4) is 0 Å². The summed E-state index contributed by atoms with van der Waals surface area (Å²) < 4.78 is 8.02. The number of aromatic nitrogens is 2. The van der Waals surface area contributed by atoms with Gasteiger partial charge in [0.1, 0.15) is 0 Å². The molecule has 7 aromatic carbocycles. The monoisotopic (exact) mass is 678 g/mol. The van der Waals surface area contributed by atoms with E-state index in [1.165, 1.54) is 96.5 Å². The molecule has 226 valence electrons. The molecule has 10 aromatic rings. The van der Waals surface area contributed by atoms with Crippen LogP contribution in [0.1, 0.15) is 25.0 Å². The van der Waals surface area contributed by atoms with E-state index in [1.54, 1.807) is 0 Å². The Kier molecular flexibility index (Phi) is 5.22. The van der Waals surface area contributed by atoms with Gasteiger partial charge < -0.3 is 0 Å². The van der Waals surface area contributed by atoms with E-state index in [1.807, 2.05) is 0 Å². The Morgan fingerprint density at radius 3 is 2.04 bits per heavy atom. The maximum atomic E-state index is 2.58. The van der Waals surface area contributed by atoms with Crippen molar-refractivity contribution in [2.45, 2.75) is 19.3 Å². The molecule has 0 N–H and O–H groups in total. The third-order valence-electron chi connectivity index (χ3n) is 10.9. The first-order valence-corrected chi connectivity index (χ1v) is 18.4. The van der Waals surface area contributed by atoms with Crippen LogP contribution < -0.4 is 0 Å². The second-order valence-corrected chi connectivity index (χ2v) is 15.9. The van der Waals surface area contributed by atoms with Crippen LogP contribution in [-0.4, -0.2) is 23.6 Å². The van der Waals surface area contributed by atoms with E-state index < -0.39 is 0 Å². The molecule has 0 saturated heterocycles. The van der Waals surface area contributed by atoms with Crippen molar-refractivity contribution in [2.24, 2.45) is 0 Å². The van der Waals surface area contributed by atoms with Crippen molar-refractivity contribution < 1.29 is 0 Å². The van der Waals surface area contributed by atoms with Gasteiger partial charge in [-0.15, -0.1) is 0 Å². The van der Waals surface area contributed by atoms with Gasteiger partial charge in [-0.2, -0.15) is 0 Å². The number of benzene rings is 7. The van der Waals surface area contributed by atoms with Crippen LogP contribution in [0.5, 0.6) is 0 Å². The van der Waals surface area contributed by atoms with Gasteiger partial charge in [0.2, 0.25) is 0 Å². The first kappa shape index (κ1) is 26.7. The van der Waals surface area contributed by atoms with Gasteiger partial charge in [-0.25, -0.2) is 0 Å². The summed E-state index contributed by atoms with van der Waals surface area (Å²) in [6, 6.07) is 54.6. The predicted octanol–water partition coefficient (Wildman–Crippen LogP) is 11.6.